The minimum Gasteiger partial charge on any atom is -0.399 e. The van der Waals surface area contributed by atoms with Crippen LogP contribution in [-0.4, -0.2) is 18.3 Å². The van der Waals surface area contributed by atoms with Crippen molar-refractivity contribution in [2.24, 2.45) is 0 Å². The van der Waals surface area contributed by atoms with Gasteiger partial charge in [0.05, 0.1) is 16.8 Å². The summed E-state index contributed by atoms with van der Waals surface area (Å²) >= 11 is 0. The maximum absolute atomic E-state index is 14.6. The summed E-state index contributed by atoms with van der Waals surface area (Å²) in [5, 5.41) is 0. The van der Waals surface area contributed by atoms with Gasteiger partial charge in [-0.15, -0.1) is 0 Å². The van der Waals surface area contributed by atoms with Crippen molar-refractivity contribution in [1.29, 1.82) is 0 Å². The lowest BCUT2D eigenvalue weighted by Gasteiger charge is -2.32. The third-order valence-electron chi connectivity index (χ3n) is 5.08. The predicted molar refractivity (Wildman–Crippen MR) is 91.5 cm³/mol. The molecular formula is C19H19BF4O2. The molecule has 1 heterocycles. The number of hydrogen-bond acceptors (Lipinski definition) is 2. The summed E-state index contributed by atoms with van der Waals surface area (Å²) < 4.78 is 68.5. The second kappa shape index (κ2) is 6.10. The van der Waals surface area contributed by atoms with Crippen molar-refractivity contribution in [3.63, 3.8) is 0 Å². The van der Waals surface area contributed by atoms with Crippen LogP contribution in [0.1, 0.15) is 38.8 Å². The number of benzene rings is 2. The molecule has 2 nitrogen and oxygen atoms in total. The number of hydrogen-bond donors (Lipinski definition) is 0. The van der Waals surface area contributed by atoms with E-state index in [9.17, 15) is 17.6 Å². The average Bonchev–Trinajstić information content (AvgIpc) is 2.75. The minimum atomic E-state index is -3.80. The van der Waals surface area contributed by atoms with Crippen molar-refractivity contribution in [2.75, 3.05) is 0 Å². The molecule has 1 aliphatic rings. The van der Waals surface area contributed by atoms with Gasteiger partial charge >= 0.3 is 13.0 Å². The first-order valence-electron chi connectivity index (χ1n) is 8.24. The van der Waals surface area contributed by atoms with Gasteiger partial charge in [0.2, 0.25) is 0 Å². The molecule has 0 aromatic heterocycles. The first kappa shape index (κ1) is 18.9. The highest BCUT2D eigenvalue weighted by Gasteiger charge is 2.51. The van der Waals surface area contributed by atoms with E-state index in [0.717, 1.165) is 30.3 Å². The third-order valence-corrected chi connectivity index (χ3v) is 5.08. The highest BCUT2D eigenvalue weighted by molar-refractivity contribution is 6.62. The van der Waals surface area contributed by atoms with E-state index < -0.39 is 47.0 Å². The Morgan fingerprint density at radius 1 is 0.808 bits per heavy atom. The maximum atomic E-state index is 14.6. The summed E-state index contributed by atoms with van der Waals surface area (Å²) in [4.78, 5) is 0. The molecule has 0 aliphatic carbocycles. The van der Waals surface area contributed by atoms with E-state index in [1.54, 1.807) is 0 Å². The number of alkyl halides is 2. The van der Waals surface area contributed by atoms with Gasteiger partial charge in [-0.1, -0.05) is 30.3 Å². The Labute approximate surface area is 150 Å². The zero-order chi connectivity index (χ0) is 19.3. The lowest BCUT2D eigenvalue weighted by atomic mass is 9.78. The fraction of sp³-hybridized carbons (Fsp3) is 0.368. The Kier molecular flexibility index (Phi) is 4.44. The highest BCUT2D eigenvalue weighted by Crippen LogP contribution is 2.39. The van der Waals surface area contributed by atoms with Crippen LogP contribution in [0.5, 0.6) is 0 Å². The van der Waals surface area contributed by atoms with E-state index in [0.29, 0.717) is 5.46 Å². The second-order valence-corrected chi connectivity index (χ2v) is 7.38. The summed E-state index contributed by atoms with van der Waals surface area (Å²) in [5.41, 5.74) is -2.34. The fourth-order valence-electron chi connectivity index (χ4n) is 2.77. The fourth-order valence-corrected chi connectivity index (χ4v) is 2.77. The molecule has 2 aromatic rings. The molecule has 1 aliphatic heterocycles. The standard InChI is InChI=1S/C19H19BF4O2/c1-17(2)18(3,4)26-20(25-17)13-10-8-12(9-11-13)19(23,24)16-14(21)6-5-7-15(16)22/h5-11H,1-4H3. The van der Waals surface area contributed by atoms with Gasteiger partial charge in [-0.2, -0.15) is 8.78 Å². The molecule has 1 saturated heterocycles. The van der Waals surface area contributed by atoms with E-state index in [2.05, 4.69) is 0 Å². The van der Waals surface area contributed by atoms with Gasteiger partial charge in [0.15, 0.2) is 0 Å². The van der Waals surface area contributed by atoms with Gasteiger partial charge in [0.1, 0.15) is 11.6 Å². The lowest BCUT2D eigenvalue weighted by Crippen LogP contribution is -2.41. The molecule has 3 rings (SSSR count). The molecule has 0 saturated carbocycles. The SMILES string of the molecule is CC1(C)OB(c2ccc(C(F)(F)c3c(F)cccc3F)cc2)OC1(C)C. The molecule has 0 bridgehead atoms. The smallest absolute Gasteiger partial charge is 0.399 e. The summed E-state index contributed by atoms with van der Waals surface area (Å²) in [6.45, 7) is 7.54. The van der Waals surface area contributed by atoms with Crippen LogP contribution in [-0.2, 0) is 15.2 Å². The predicted octanol–water partition coefficient (Wildman–Crippen LogP) is 4.40. The van der Waals surface area contributed by atoms with Crippen molar-refractivity contribution >= 4 is 12.6 Å². The minimum absolute atomic E-state index is 0.512. The van der Waals surface area contributed by atoms with Crippen LogP contribution in [0, 0.1) is 11.6 Å². The molecule has 0 amide bonds. The van der Waals surface area contributed by atoms with E-state index in [4.69, 9.17) is 9.31 Å². The quantitative estimate of drug-likeness (QED) is 0.592. The van der Waals surface area contributed by atoms with Crippen LogP contribution in [0.25, 0.3) is 0 Å². The van der Waals surface area contributed by atoms with E-state index in [1.807, 2.05) is 27.7 Å². The van der Waals surface area contributed by atoms with Crippen molar-refractivity contribution < 1.29 is 26.9 Å². The Balaban J connectivity index is 1.91. The second-order valence-electron chi connectivity index (χ2n) is 7.38. The summed E-state index contributed by atoms with van der Waals surface area (Å²) in [6, 6.07) is 7.77. The van der Waals surface area contributed by atoms with Gasteiger partial charge in [0.25, 0.3) is 0 Å². The monoisotopic (exact) mass is 366 g/mol. The van der Waals surface area contributed by atoms with Crippen molar-refractivity contribution in [1.82, 2.24) is 0 Å². The van der Waals surface area contributed by atoms with Crippen LogP contribution >= 0.6 is 0 Å². The van der Waals surface area contributed by atoms with Gasteiger partial charge in [0, 0.05) is 5.56 Å². The summed E-state index contributed by atoms with van der Waals surface area (Å²) in [7, 11) is -0.701. The zero-order valence-corrected chi connectivity index (χ0v) is 14.9. The van der Waals surface area contributed by atoms with Crippen molar-refractivity contribution in [3.05, 3.63) is 65.2 Å². The van der Waals surface area contributed by atoms with Crippen LogP contribution < -0.4 is 5.46 Å². The lowest BCUT2D eigenvalue weighted by molar-refractivity contribution is 0.00578. The zero-order valence-electron chi connectivity index (χ0n) is 14.9. The van der Waals surface area contributed by atoms with E-state index in [1.165, 1.54) is 12.1 Å². The molecule has 0 spiro atoms. The van der Waals surface area contributed by atoms with E-state index in [-0.39, 0.29) is 0 Å². The van der Waals surface area contributed by atoms with Gasteiger partial charge in [-0.25, -0.2) is 8.78 Å². The van der Waals surface area contributed by atoms with Crippen LogP contribution in [0.15, 0.2) is 42.5 Å². The third kappa shape index (κ3) is 3.03. The molecule has 1 fully saturated rings. The first-order chi connectivity index (χ1) is 12.0. The average molecular weight is 366 g/mol. The Hall–Kier alpha value is -1.86. The molecule has 138 valence electrons. The Bertz CT molecular complexity index is 783. The van der Waals surface area contributed by atoms with Gasteiger partial charge in [-0.3, -0.25) is 0 Å². The molecule has 7 heteroatoms. The maximum Gasteiger partial charge on any atom is 0.494 e. The molecule has 2 aromatic carbocycles. The highest BCUT2D eigenvalue weighted by atomic mass is 19.3. The summed E-state index contributed by atoms with van der Waals surface area (Å²) in [5.74, 6) is -6.38. The first-order valence-corrected chi connectivity index (χ1v) is 8.24. The van der Waals surface area contributed by atoms with E-state index >= 15 is 0 Å². The van der Waals surface area contributed by atoms with Crippen molar-refractivity contribution in [2.45, 2.75) is 44.8 Å². The Morgan fingerprint density at radius 3 is 1.73 bits per heavy atom. The summed E-state index contributed by atoms with van der Waals surface area (Å²) in [6.07, 6.45) is 0. The molecule has 0 atom stereocenters. The number of rotatable bonds is 3. The Morgan fingerprint density at radius 2 is 1.27 bits per heavy atom. The van der Waals surface area contributed by atoms with Gasteiger partial charge in [-0.05, 0) is 45.3 Å². The topological polar surface area (TPSA) is 18.5 Å². The van der Waals surface area contributed by atoms with Crippen LogP contribution in [0.4, 0.5) is 17.6 Å². The van der Waals surface area contributed by atoms with Crippen LogP contribution in [0.2, 0.25) is 0 Å². The molecular weight excluding hydrogens is 347 g/mol. The number of halogens is 4. The van der Waals surface area contributed by atoms with Crippen LogP contribution in [0.3, 0.4) is 0 Å². The van der Waals surface area contributed by atoms with Gasteiger partial charge < -0.3 is 9.31 Å². The molecule has 0 N–H and O–H groups in total. The molecule has 0 radical (unpaired) electrons. The molecule has 0 unspecified atom stereocenters. The largest absolute Gasteiger partial charge is 0.494 e. The van der Waals surface area contributed by atoms with Crippen molar-refractivity contribution in [3.8, 4) is 0 Å². The molecule has 26 heavy (non-hydrogen) atoms. The normalized spacial score (nSPS) is 19.0.